The van der Waals surface area contributed by atoms with Gasteiger partial charge in [-0.2, -0.15) is 0 Å². The summed E-state index contributed by atoms with van der Waals surface area (Å²) >= 11 is 0. The summed E-state index contributed by atoms with van der Waals surface area (Å²) in [6.07, 6.45) is 1.78. The first kappa shape index (κ1) is 21.0. The maximum absolute atomic E-state index is 12.6. The Bertz CT molecular complexity index is 990. The van der Waals surface area contributed by atoms with Crippen molar-refractivity contribution >= 4 is 21.6 Å². The van der Waals surface area contributed by atoms with Gasteiger partial charge in [0.05, 0.1) is 25.6 Å². The highest BCUT2D eigenvalue weighted by molar-refractivity contribution is 7.92. The van der Waals surface area contributed by atoms with Crippen LogP contribution in [0.25, 0.3) is 0 Å². The van der Waals surface area contributed by atoms with Crippen LogP contribution in [-0.2, 0) is 21.2 Å². The number of benzene rings is 2. The van der Waals surface area contributed by atoms with E-state index >= 15 is 0 Å². The van der Waals surface area contributed by atoms with Gasteiger partial charge in [0.2, 0.25) is 10.0 Å². The molecule has 156 valence electrons. The molecule has 0 fully saturated rings. The number of nitrogens with one attached hydrogen (secondary N) is 1. The lowest BCUT2D eigenvalue weighted by Gasteiger charge is -2.34. The Hall–Kier alpha value is -2.74. The van der Waals surface area contributed by atoms with Crippen molar-refractivity contribution in [1.29, 1.82) is 0 Å². The van der Waals surface area contributed by atoms with Crippen molar-refractivity contribution < 1.29 is 22.7 Å². The van der Waals surface area contributed by atoms with Gasteiger partial charge in [0.1, 0.15) is 11.5 Å². The van der Waals surface area contributed by atoms with Crippen molar-refractivity contribution in [3.63, 3.8) is 0 Å². The summed E-state index contributed by atoms with van der Waals surface area (Å²) in [5.74, 6) is 0.872. The normalized spacial score (nSPS) is 16.0. The average molecular weight is 419 g/mol. The molecule has 1 atom stereocenters. The van der Waals surface area contributed by atoms with Crippen LogP contribution in [0.5, 0.6) is 11.5 Å². The Morgan fingerprint density at radius 3 is 2.79 bits per heavy atom. The molecule has 0 bridgehead atoms. The molecule has 8 heteroatoms. The molecule has 0 saturated heterocycles. The van der Waals surface area contributed by atoms with Crippen LogP contribution in [0.4, 0.5) is 5.69 Å². The van der Waals surface area contributed by atoms with Crippen molar-refractivity contribution in [2.45, 2.75) is 25.9 Å². The van der Waals surface area contributed by atoms with Gasteiger partial charge in [0.15, 0.2) is 6.10 Å². The molecule has 1 N–H and O–H groups in total. The summed E-state index contributed by atoms with van der Waals surface area (Å²) < 4.78 is 36.7. The maximum Gasteiger partial charge on any atom is 0.263 e. The fourth-order valence-corrected chi connectivity index (χ4v) is 4.16. The number of ether oxygens (including phenoxy) is 2. The topological polar surface area (TPSA) is 84.9 Å². The number of carbonyl (C=O) groups is 1. The average Bonchev–Trinajstić information content (AvgIpc) is 2.69. The number of fused-ring (bicyclic) bond motifs is 1. The lowest BCUT2D eigenvalue weighted by atomic mass is 10.1. The van der Waals surface area contributed by atoms with E-state index in [9.17, 15) is 13.2 Å². The number of carbonyl (C=O) groups excluding carboxylic acids is 1. The third-order valence-corrected chi connectivity index (χ3v) is 5.90. The largest absolute Gasteiger partial charge is 0.497 e. The van der Waals surface area contributed by atoms with E-state index in [-0.39, 0.29) is 12.5 Å². The van der Waals surface area contributed by atoms with Gasteiger partial charge in [-0.3, -0.25) is 9.10 Å². The number of sulfonamides is 1. The van der Waals surface area contributed by atoms with E-state index in [4.69, 9.17) is 9.47 Å². The van der Waals surface area contributed by atoms with Crippen molar-refractivity contribution in [2.75, 3.05) is 30.8 Å². The van der Waals surface area contributed by atoms with Crippen molar-refractivity contribution in [2.24, 2.45) is 0 Å². The molecule has 3 rings (SSSR count). The van der Waals surface area contributed by atoms with Crippen LogP contribution >= 0.6 is 0 Å². The first-order valence-electron chi connectivity index (χ1n) is 9.43. The maximum atomic E-state index is 12.6. The number of rotatable bonds is 7. The van der Waals surface area contributed by atoms with Gasteiger partial charge in [-0.15, -0.1) is 0 Å². The molecule has 0 radical (unpaired) electrons. The highest BCUT2D eigenvalue weighted by Crippen LogP contribution is 2.35. The molecule has 1 heterocycles. The molecule has 0 spiro atoms. The molecule has 1 unspecified atom stereocenters. The second-order valence-electron chi connectivity index (χ2n) is 7.12. The second kappa shape index (κ2) is 8.73. The summed E-state index contributed by atoms with van der Waals surface area (Å²) in [7, 11) is -1.90. The molecule has 0 aromatic heterocycles. The molecule has 7 nitrogen and oxygen atoms in total. The van der Waals surface area contributed by atoms with E-state index in [2.05, 4.69) is 5.32 Å². The number of nitrogens with zero attached hydrogens (tertiary/aromatic N) is 1. The number of hydrogen-bond donors (Lipinski definition) is 1. The smallest absolute Gasteiger partial charge is 0.263 e. The third-order valence-electron chi connectivity index (χ3n) is 4.75. The summed E-state index contributed by atoms with van der Waals surface area (Å²) in [5.41, 5.74) is 2.51. The fourth-order valence-electron chi connectivity index (χ4n) is 3.26. The minimum Gasteiger partial charge on any atom is -0.497 e. The first-order chi connectivity index (χ1) is 13.8. The molecule has 29 heavy (non-hydrogen) atoms. The Labute approximate surface area is 171 Å². The van der Waals surface area contributed by atoms with Gasteiger partial charge in [-0.05, 0) is 55.2 Å². The number of aryl methyl sites for hydroxylation is 2. The zero-order valence-corrected chi connectivity index (χ0v) is 17.7. The lowest BCUT2D eigenvalue weighted by Crippen LogP contribution is -2.50. The van der Waals surface area contributed by atoms with Gasteiger partial charge in [0.25, 0.3) is 5.91 Å². The minimum atomic E-state index is -3.53. The molecule has 0 aliphatic carbocycles. The molecule has 2 aromatic rings. The molecular weight excluding hydrogens is 392 g/mol. The molecule has 0 saturated carbocycles. The SMILES string of the molecule is COc1cccc(CCCNC(=O)C2CN(S(C)(=O)=O)c3cc(C)ccc3O2)c1. The van der Waals surface area contributed by atoms with Gasteiger partial charge in [-0.1, -0.05) is 18.2 Å². The first-order valence-corrected chi connectivity index (χ1v) is 11.3. The van der Waals surface area contributed by atoms with Crippen molar-refractivity contribution in [3.8, 4) is 11.5 Å². The van der Waals surface area contributed by atoms with E-state index in [0.29, 0.717) is 18.0 Å². The number of hydrogen-bond acceptors (Lipinski definition) is 5. The summed E-state index contributed by atoms with van der Waals surface area (Å²) in [4.78, 5) is 12.6. The monoisotopic (exact) mass is 418 g/mol. The Balaban J connectivity index is 1.60. The lowest BCUT2D eigenvalue weighted by molar-refractivity contribution is -0.127. The molecule has 1 amide bonds. The Morgan fingerprint density at radius 1 is 1.28 bits per heavy atom. The van der Waals surface area contributed by atoms with Gasteiger partial charge < -0.3 is 14.8 Å². The van der Waals surface area contributed by atoms with E-state index in [1.54, 1.807) is 19.2 Å². The number of anilines is 1. The Kier molecular flexibility index (Phi) is 6.32. The molecule has 1 aliphatic rings. The van der Waals surface area contributed by atoms with Gasteiger partial charge >= 0.3 is 0 Å². The van der Waals surface area contributed by atoms with Crippen LogP contribution in [-0.4, -0.2) is 46.9 Å². The predicted octanol–water partition coefficient (Wildman–Crippen LogP) is 2.28. The minimum absolute atomic E-state index is 0.0446. The quantitative estimate of drug-likeness (QED) is 0.698. The highest BCUT2D eigenvalue weighted by Gasteiger charge is 2.34. The van der Waals surface area contributed by atoms with Gasteiger partial charge in [-0.25, -0.2) is 8.42 Å². The highest BCUT2D eigenvalue weighted by atomic mass is 32.2. The molecule has 1 aliphatic heterocycles. The van der Waals surface area contributed by atoms with Crippen molar-refractivity contribution in [3.05, 3.63) is 53.6 Å². The van der Waals surface area contributed by atoms with E-state index in [1.165, 1.54) is 4.31 Å². The molecule has 2 aromatic carbocycles. The zero-order chi connectivity index (χ0) is 21.0. The summed E-state index contributed by atoms with van der Waals surface area (Å²) in [6, 6.07) is 13.1. The second-order valence-corrected chi connectivity index (χ2v) is 9.02. The summed E-state index contributed by atoms with van der Waals surface area (Å²) in [5, 5.41) is 2.85. The molecular formula is C21H26N2O5S. The summed E-state index contributed by atoms with van der Waals surface area (Å²) in [6.45, 7) is 2.30. The van der Waals surface area contributed by atoms with Crippen LogP contribution in [0.15, 0.2) is 42.5 Å². The Morgan fingerprint density at radius 2 is 2.07 bits per heavy atom. The van der Waals surface area contributed by atoms with E-state index < -0.39 is 16.1 Å². The van der Waals surface area contributed by atoms with Gasteiger partial charge in [0, 0.05) is 6.54 Å². The predicted molar refractivity (Wildman–Crippen MR) is 112 cm³/mol. The van der Waals surface area contributed by atoms with Crippen molar-refractivity contribution in [1.82, 2.24) is 5.32 Å². The fraction of sp³-hybridized carbons (Fsp3) is 0.381. The van der Waals surface area contributed by atoms with Crippen LogP contribution in [0.2, 0.25) is 0 Å². The number of methoxy groups -OCH3 is 1. The standard InChI is InChI=1S/C21H26N2O5S/c1-15-9-10-19-18(12-15)23(29(3,25)26)14-20(28-19)21(24)22-11-5-7-16-6-4-8-17(13-16)27-2/h4,6,8-10,12-13,20H,5,7,11,14H2,1-3H3,(H,22,24). The van der Waals surface area contributed by atoms with Crippen LogP contribution in [0, 0.1) is 6.92 Å². The van der Waals surface area contributed by atoms with Crippen LogP contribution in [0.1, 0.15) is 17.5 Å². The third kappa shape index (κ3) is 5.20. The van der Waals surface area contributed by atoms with E-state index in [1.807, 2.05) is 37.3 Å². The van der Waals surface area contributed by atoms with Crippen LogP contribution in [0.3, 0.4) is 0 Å². The zero-order valence-electron chi connectivity index (χ0n) is 16.8. The number of amides is 1. The van der Waals surface area contributed by atoms with E-state index in [0.717, 1.165) is 36.0 Å². The van der Waals surface area contributed by atoms with Crippen LogP contribution < -0.4 is 19.1 Å².